The summed E-state index contributed by atoms with van der Waals surface area (Å²) in [6.45, 7) is 1.93. The summed E-state index contributed by atoms with van der Waals surface area (Å²) in [7, 11) is 1.60. The zero-order valence-electron chi connectivity index (χ0n) is 12.9. The number of aromatic nitrogens is 2. The highest BCUT2D eigenvalue weighted by Gasteiger charge is 2.14. The predicted molar refractivity (Wildman–Crippen MR) is 86.4 cm³/mol. The van der Waals surface area contributed by atoms with Gasteiger partial charge in [0.1, 0.15) is 12.4 Å². The third-order valence-electron chi connectivity index (χ3n) is 3.51. The molecular weight excluding hydrogens is 292 g/mol. The van der Waals surface area contributed by atoms with E-state index in [1.807, 2.05) is 36.4 Å². The molecule has 0 saturated heterocycles. The molecule has 0 aliphatic heterocycles. The van der Waals surface area contributed by atoms with Gasteiger partial charge in [-0.2, -0.15) is 0 Å². The number of pyridine rings is 2. The molecule has 0 aliphatic rings. The number of ether oxygens (including phenoxy) is 2. The van der Waals surface area contributed by atoms with Crippen molar-refractivity contribution in [3.63, 3.8) is 0 Å². The van der Waals surface area contributed by atoms with E-state index in [1.165, 1.54) is 0 Å². The van der Waals surface area contributed by atoms with Gasteiger partial charge in [0, 0.05) is 11.6 Å². The molecule has 0 radical (unpaired) electrons. The number of carbonyl (C=O) groups excluding carboxylic acids is 1. The van der Waals surface area contributed by atoms with E-state index in [9.17, 15) is 4.79 Å². The van der Waals surface area contributed by atoms with Gasteiger partial charge >= 0.3 is 5.97 Å². The Kier molecular flexibility index (Phi) is 4.19. The van der Waals surface area contributed by atoms with Crippen LogP contribution in [0, 0.1) is 6.92 Å². The topological polar surface area (TPSA) is 61.3 Å². The zero-order valence-corrected chi connectivity index (χ0v) is 12.9. The minimum Gasteiger partial charge on any atom is -0.497 e. The number of aryl methyl sites for hydroxylation is 1. The molecule has 2 aromatic heterocycles. The van der Waals surface area contributed by atoms with E-state index >= 15 is 0 Å². The maximum atomic E-state index is 12.3. The van der Waals surface area contributed by atoms with Crippen molar-refractivity contribution >= 4 is 16.9 Å². The van der Waals surface area contributed by atoms with Gasteiger partial charge in [0.15, 0.2) is 0 Å². The maximum Gasteiger partial charge on any atom is 0.340 e. The number of methoxy groups -OCH3 is 1. The van der Waals surface area contributed by atoms with Crippen LogP contribution in [0.3, 0.4) is 0 Å². The van der Waals surface area contributed by atoms with Crippen LogP contribution in [0.15, 0.2) is 48.7 Å². The smallest absolute Gasteiger partial charge is 0.340 e. The van der Waals surface area contributed by atoms with Crippen molar-refractivity contribution in [1.82, 2.24) is 9.97 Å². The summed E-state index contributed by atoms with van der Waals surface area (Å²) in [5.74, 6) is 0.307. The van der Waals surface area contributed by atoms with Crippen molar-refractivity contribution in [3.8, 4) is 5.75 Å². The first-order valence-electron chi connectivity index (χ1n) is 7.20. The molecule has 3 rings (SSSR count). The zero-order chi connectivity index (χ0) is 16.2. The molecule has 0 fully saturated rings. The number of benzene rings is 1. The number of fused-ring (bicyclic) bond motifs is 1. The molecule has 1 aromatic carbocycles. The molecule has 0 atom stereocenters. The number of esters is 1. The molecule has 23 heavy (non-hydrogen) atoms. The van der Waals surface area contributed by atoms with E-state index in [4.69, 9.17) is 9.47 Å². The SMILES string of the molecule is COc1ccc2nc(C)c(C(=O)OCc3ccccn3)cc2c1. The molecule has 0 unspecified atom stereocenters. The highest BCUT2D eigenvalue weighted by atomic mass is 16.5. The third kappa shape index (κ3) is 3.29. The van der Waals surface area contributed by atoms with Crippen molar-refractivity contribution in [2.75, 3.05) is 7.11 Å². The minimum absolute atomic E-state index is 0.134. The van der Waals surface area contributed by atoms with Gasteiger partial charge in [-0.15, -0.1) is 0 Å². The summed E-state index contributed by atoms with van der Waals surface area (Å²) < 4.78 is 10.5. The first-order chi connectivity index (χ1) is 11.2. The average molecular weight is 308 g/mol. The van der Waals surface area contributed by atoms with Crippen LogP contribution < -0.4 is 4.74 Å². The second-order valence-corrected chi connectivity index (χ2v) is 5.08. The molecule has 2 heterocycles. The van der Waals surface area contributed by atoms with Gasteiger partial charge in [0.05, 0.1) is 29.6 Å². The highest BCUT2D eigenvalue weighted by molar-refractivity contribution is 5.95. The van der Waals surface area contributed by atoms with Crippen LogP contribution in [0.25, 0.3) is 10.9 Å². The third-order valence-corrected chi connectivity index (χ3v) is 3.51. The number of hydrogen-bond donors (Lipinski definition) is 0. The Bertz CT molecular complexity index is 848. The van der Waals surface area contributed by atoms with Gasteiger partial charge in [0.25, 0.3) is 0 Å². The van der Waals surface area contributed by atoms with Gasteiger partial charge in [-0.3, -0.25) is 9.97 Å². The summed E-state index contributed by atoms with van der Waals surface area (Å²) in [6, 6.07) is 12.8. The second kappa shape index (κ2) is 6.44. The molecule has 116 valence electrons. The van der Waals surface area contributed by atoms with Gasteiger partial charge < -0.3 is 9.47 Å². The largest absolute Gasteiger partial charge is 0.497 e. The van der Waals surface area contributed by atoms with Crippen molar-refractivity contribution in [2.45, 2.75) is 13.5 Å². The molecular formula is C18H16N2O3. The van der Waals surface area contributed by atoms with Gasteiger partial charge in [-0.1, -0.05) is 6.07 Å². The Hall–Kier alpha value is -2.95. The van der Waals surface area contributed by atoms with Crippen LogP contribution in [0.1, 0.15) is 21.7 Å². The van der Waals surface area contributed by atoms with Crippen LogP contribution in [-0.2, 0) is 11.3 Å². The van der Waals surface area contributed by atoms with Gasteiger partial charge in [-0.25, -0.2) is 4.79 Å². The molecule has 0 bridgehead atoms. The van der Waals surface area contributed by atoms with Crippen LogP contribution in [0.2, 0.25) is 0 Å². The lowest BCUT2D eigenvalue weighted by molar-refractivity contribution is 0.0466. The lowest BCUT2D eigenvalue weighted by atomic mass is 10.1. The van der Waals surface area contributed by atoms with E-state index in [0.29, 0.717) is 17.0 Å². The standard InChI is InChI=1S/C18H16N2O3/c1-12-16(18(21)23-11-14-5-3-4-8-19-14)10-13-9-15(22-2)6-7-17(13)20-12/h3-10H,11H2,1-2H3. The quantitative estimate of drug-likeness (QED) is 0.692. The lowest BCUT2D eigenvalue weighted by Gasteiger charge is -2.09. The van der Waals surface area contributed by atoms with E-state index in [2.05, 4.69) is 9.97 Å². The van der Waals surface area contributed by atoms with Crippen molar-refractivity contribution in [1.29, 1.82) is 0 Å². The summed E-state index contributed by atoms with van der Waals surface area (Å²) in [6.07, 6.45) is 1.66. The van der Waals surface area contributed by atoms with E-state index in [1.54, 1.807) is 26.3 Å². The fraction of sp³-hybridized carbons (Fsp3) is 0.167. The molecule has 0 aliphatic carbocycles. The fourth-order valence-electron chi connectivity index (χ4n) is 2.29. The molecule has 0 amide bonds. The lowest BCUT2D eigenvalue weighted by Crippen LogP contribution is -2.09. The molecule has 5 heteroatoms. The Balaban J connectivity index is 1.85. The molecule has 0 saturated carbocycles. The number of carbonyl (C=O) groups is 1. The summed E-state index contributed by atoms with van der Waals surface area (Å²) >= 11 is 0. The van der Waals surface area contributed by atoms with Crippen molar-refractivity contribution in [3.05, 3.63) is 65.6 Å². The van der Waals surface area contributed by atoms with Gasteiger partial charge in [-0.05, 0) is 43.3 Å². The summed E-state index contributed by atoms with van der Waals surface area (Å²) in [5.41, 5.74) is 2.59. The predicted octanol–water partition coefficient (Wildman–Crippen LogP) is 3.30. The number of rotatable bonds is 4. The molecule has 0 N–H and O–H groups in total. The van der Waals surface area contributed by atoms with E-state index in [0.717, 1.165) is 16.7 Å². The van der Waals surface area contributed by atoms with Crippen molar-refractivity contribution < 1.29 is 14.3 Å². The Morgan fingerprint density at radius 3 is 2.78 bits per heavy atom. The van der Waals surface area contributed by atoms with Crippen molar-refractivity contribution in [2.24, 2.45) is 0 Å². The Morgan fingerprint density at radius 2 is 2.04 bits per heavy atom. The summed E-state index contributed by atoms with van der Waals surface area (Å²) in [5, 5.41) is 0.833. The van der Waals surface area contributed by atoms with Crippen LogP contribution >= 0.6 is 0 Å². The minimum atomic E-state index is -0.412. The van der Waals surface area contributed by atoms with E-state index < -0.39 is 5.97 Å². The fourth-order valence-corrected chi connectivity index (χ4v) is 2.29. The highest BCUT2D eigenvalue weighted by Crippen LogP contribution is 2.22. The summed E-state index contributed by atoms with van der Waals surface area (Å²) in [4.78, 5) is 20.9. The number of nitrogens with zero attached hydrogens (tertiary/aromatic N) is 2. The molecule has 5 nitrogen and oxygen atoms in total. The normalized spacial score (nSPS) is 10.5. The maximum absolute atomic E-state index is 12.3. The Labute approximate surface area is 133 Å². The second-order valence-electron chi connectivity index (χ2n) is 5.08. The number of hydrogen-bond acceptors (Lipinski definition) is 5. The van der Waals surface area contributed by atoms with Crippen LogP contribution in [0.4, 0.5) is 0 Å². The molecule has 0 spiro atoms. The first kappa shape index (κ1) is 15.0. The van der Waals surface area contributed by atoms with E-state index in [-0.39, 0.29) is 6.61 Å². The van der Waals surface area contributed by atoms with Gasteiger partial charge in [0.2, 0.25) is 0 Å². The monoisotopic (exact) mass is 308 g/mol. The van der Waals surface area contributed by atoms with Crippen LogP contribution in [-0.4, -0.2) is 23.0 Å². The average Bonchev–Trinajstić information content (AvgIpc) is 2.59. The van der Waals surface area contributed by atoms with Crippen LogP contribution in [0.5, 0.6) is 5.75 Å². The Morgan fingerprint density at radius 1 is 1.17 bits per heavy atom. The molecule has 3 aromatic rings. The first-order valence-corrected chi connectivity index (χ1v) is 7.20.